The molecular weight excluding hydrogens is 679 g/mol. The summed E-state index contributed by atoms with van der Waals surface area (Å²) in [5.74, 6) is 4.85. The van der Waals surface area contributed by atoms with E-state index in [0.29, 0.717) is 41.8 Å². The first-order chi connectivity index (χ1) is 26.2. The summed E-state index contributed by atoms with van der Waals surface area (Å²) < 4.78 is 11.1. The van der Waals surface area contributed by atoms with Crippen LogP contribution in [0.5, 0.6) is 11.5 Å². The number of ether oxygens (including phenoxy) is 2. The molecule has 0 bridgehead atoms. The molecule has 3 saturated carbocycles. The molecule has 9 heteroatoms. The lowest BCUT2D eigenvalue weighted by Crippen LogP contribution is -2.36. The molecule has 0 spiro atoms. The van der Waals surface area contributed by atoms with Crippen molar-refractivity contribution in [1.29, 1.82) is 0 Å². The number of rotatable bonds is 20. The first-order valence-electron chi connectivity index (χ1n) is 21.5. The van der Waals surface area contributed by atoms with E-state index in [1.807, 2.05) is 12.1 Å². The number of benzene rings is 1. The summed E-state index contributed by atoms with van der Waals surface area (Å²) in [6, 6.07) is 5.78. The second-order valence-corrected chi connectivity index (χ2v) is 17.3. The first kappa shape index (κ1) is 41.1. The fraction of sp³-hybridized carbons (Fsp3) is 0.711. The van der Waals surface area contributed by atoms with E-state index in [2.05, 4.69) is 24.4 Å². The fourth-order valence-corrected chi connectivity index (χ4v) is 10.2. The van der Waals surface area contributed by atoms with Crippen LogP contribution in [-0.4, -0.2) is 81.5 Å². The molecule has 0 radical (unpaired) electrons. The summed E-state index contributed by atoms with van der Waals surface area (Å²) >= 11 is 0. The molecule has 300 valence electrons. The SMILES string of the molecule is CCCC[C@@H]1CC[C@@H](N)C[C@H]1CCCCC1[OH+][C-](CCc2ccc(O)c(OC[C@H](O)C3=C[C+]4C(=N3)CC[C@H]3CCC[C@@H]3[C@H]4CNC[C@H](C)O)c2)C=C1CO. The van der Waals surface area contributed by atoms with Crippen molar-refractivity contribution >= 4 is 5.71 Å². The van der Waals surface area contributed by atoms with Gasteiger partial charge < -0.3 is 41.0 Å². The van der Waals surface area contributed by atoms with Gasteiger partial charge in [0.15, 0.2) is 17.6 Å². The van der Waals surface area contributed by atoms with Crippen molar-refractivity contribution in [2.75, 3.05) is 26.3 Å². The van der Waals surface area contributed by atoms with E-state index in [-0.39, 0.29) is 25.1 Å². The predicted octanol–water partition coefficient (Wildman–Crippen LogP) is 6.63. The predicted molar refractivity (Wildman–Crippen MR) is 216 cm³/mol. The molecule has 1 unspecified atom stereocenters. The Kier molecular flexibility index (Phi) is 15.3. The average molecular weight is 749 g/mol. The van der Waals surface area contributed by atoms with Crippen molar-refractivity contribution < 1.29 is 29.9 Å². The minimum atomic E-state index is -0.917. The lowest BCUT2D eigenvalue weighted by molar-refractivity contribution is -0.0553. The summed E-state index contributed by atoms with van der Waals surface area (Å²) in [5.41, 5.74) is 10.1. The second kappa shape index (κ2) is 20.1. The van der Waals surface area contributed by atoms with Gasteiger partial charge in [0.2, 0.25) is 5.70 Å². The van der Waals surface area contributed by atoms with Crippen LogP contribution in [0.25, 0.3) is 0 Å². The van der Waals surface area contributed by atoms with Gasteiger partial charge in [0.05, 0.1) is 18.1 Å². The van der Waals surface area contributed by atoms with Gasteiger partial charge in [0.1, 0.15) is 30.4 Å². The summed E-state index contributed by atoms with van der Waals surface area (Å²) in [4.78, 5) is 4.93. The number of hydrogen-bond donors (Lipinski definition) is 6. The number of aryl methyl sites for hydroxylation is 1. The van der Waals surface area contributed by atoms with Crippen molar-refractivity contribution in [1.82, 2.24) is 5.32 Å². The summed E-state index contributed by atoms with van der Waals surface area (Å²) in [6.45, 7) is 5.49. The molecule has 8 N–H and O–H groups in total. The summed E-state index contributed by atoms with van der Waals surface area (Å²) in [6.07, 6.45) is 23.3. The van der Waals surface area contributed by atoms with Crippen molar-refractivity contribution in [3.63, 3.8) is 0 Å². The number of aliphatic imine (C=N–C) groups is 1. The third-order valence-electron chi connectivity index (χ3n) is 13.2. The summed E-state index contributed by atoms with van der Waals surface area (Å²) in [7, 11) is 0. The minimum absolute atomic E-state index is 0.00611. The third-order valence-corrected chi connectivity index (χ3v) is 13.2. The van der Waals surface area contributed by atoms with Gasteiger partial charge in [-0.1, -0.05) is 57.9 Å². The van der Waals surface area contributed by atoms with Gasteiger partial charge in [-0.25, -0.2) is 0 Å². The maximum atomic E-state index is 11.2. The van der Waals surface area contributed by atoms with E-state index in [4.69, 9.17) is 20.2 Å². The number of phenolic OH excluding ortho intramolecular Hbond substituents is 1. The van der Waals surface area contributed by atoms with Crippen LogP contribution < -0.4 is 15.8 Å². The Labute approximate surface area is 324 Å². The smallest absolute Gasteiger partial charge is 0.208 e. The number of aromatic hydroxyl groups is 1. The topological polar surface area (TPSA) is 153 Å². The van der Waals surface area contributed by atoms with E-state index in [9.17, 15) is 20.4 Å². The molecule has 0 saturated heterocycles. The van der Waals surface area contributed by atoms with E-state index in [0.717, 1.165) is 79.9 Å². The minimum Gasteiger partial charge on any atom is -0.504 e. The van der Waals surface area contributed by atoms with E-state index in [1.54, 1.807) is 13.0 Å². The highest BCUT2D eigenvalue weighted by molar-refractivity contribution is 6.03. The molecule has 5 aliphatic rings. The van der Waals surface area contributed by atoms with Gasteiger partial charge in [-0.15, -0.1) is 16.6 Å². The highest BCUT2D eigenvalue weighted by Crippen LogP contribution is 2.48. The molecular formula is C45H70N3O6+. The van der Waals surface area contributed by atoms with E-state index < -0.39 is 12.2 Å². The van der Waals surface area contributed by atoms with Crippen LogP contribution >= 0.6 is 0 Å². The van der Waals surface area contributed by atoms with Crippen LogP contribution in [0.3, 0.4) is 0 Å². The number of unbranched alkanes of at least 4 members (excludes halogenated alkanes) is 2. The molecule has 3 fully saturated rings. The molecule has 9 nitrogen and oxygen atoms in total. The molecule has 1 aromatic rings. The van der Waals surface area contributed by atoms with Gasteiger partial charge in [0, 0.05) is 38.6 Å². The van der Waals surface area contributed by atoms with Crippen LogP contribution in [0.1, 0.15) is 122 Å². The lowest BCUT2D eigenvalue weighted by atomic mass is 9.73. The normalized spacial score (nSPS) is 29.3. The number of nitrogens with two attached hydrogens (primary N) is 1. The molecule has 2 heterocycles. The number of aliphatic hydroxyl groups is 5. The number of hydrogen-bond acceptors (Lipinski definition) is 8. The van der Waals surface area contributed by atoms with E-state index in [1.165, 1.54) is 76.5 Å². The Morgan fingerprint density at radius 1 is 1.07 bits per heavy atom. The van der Waals surface area contributed by atoms with Crippen LogP contribution in [0.15, 0.2) is 46.6 Å². The van der Waals surface area contributed by atoms with Gasteiger partial charge in [-0.2, -0.15) is 0 Å². The Hall–Kier alpha value is -2.53. The molecule has 2 aliphatic heterocycles. The number of phenols is 1. The largest absolute Gasteiger partial charge is 0.504 e. The highest BCUT2D eigenvalue weighted by atomic mass is 16.5. The van der Waals surface area contributed by atoms with Gasteiger partial charge in [0.25, 0.3) is 0 Å². The Bertz CT molecular complexity index is 1430. The number of nitrogens with one attached hydrogen (secondary N) is 1. The molecule has 0 aromatic heterocycles. The molecule has 3 aliphatic carbocycles. The number of allylic oxidation sites excluding steroid dienone is 1. The quantitative estimate of drug-likeness (QED) is 0.0498. The van der Waals surface area contributed by atoms with Gasteiger partial charge in [-0.05, 0) is 99.7 Å². The summed E-state index contributed by atoms with van der Waals surface area (Å²) in [5, 5.41) is 45.3. The van der Waals surface area contributed by atoms with Crippen LogP contribution in [0.2, 0.25) is 0 Å². The first-order valence-corrected chi connectivity index (χ1v) is 21.5. The third kappa shape index (κ3) is 10.9. The van der Waals surface area contributed by atoms with Crippen LogP contribution in [-0.2, 0) is 6.42 Å². The number of aliphatic hydroxyl groups excluding tert-OH is 3. The Morgan fingerprint density at radius 3 is 2.72 bits per heavy atom. The number of nitrogens with zero attached hydrogens (tertiary/aromatic N) is 1. The van der Waals surface area contributed by atoms with Crippen molar-refractivity contribution in [2.45, 2.75) is 147 Å². The van der Waals surface area contributed by atoms with Gasteiger partial charge in [-0.3, -0.25) is 0 Å². The monoisotopic (exact) mass is 749 g/mol. The Morgan fingerprint density at radius 2 is 1.91 bits per heavy atom. The fourth-order valence-electron chi connectivity index (χ4n) is 10.2. The van der Waals surface area contributed by atoms with Crippen molar-refractivity contribution in [3.8, 4) is 11.5 Å². The standard InChI is InChI=1S/C45H69N3O6/c1-3-4-8-31-15-17-35(46)22-33(31)9-5-6-12-44-34(27-49)23-36(54-44)18-13-30-14-20-42(51)45(21-30)53-28-43(52)41-24-38-39(26-47-25-29(2)50)37-11-7-10-32(37)16-19-40(38)48-41/h14,20-21,23-24,29,31-33,35,37,39,43-44,47,49-50,52,54H,3-13,15-19,22,25-28,46H2,1-2H3/p+1/t29-,31+,32+,33+,35+,37-,39+,43-,44?/m0/s1. The van der Waals surface area contributed by atoms with Crippen LogP contribution in [0, 0.1) is 41.6 Å². The lowest BCUT2D eigenvalue weighted by Gasteiger charge is -2.35. The molecule has 0 amide bonds. The van der Waals surface area contributed by atoms with Crippen molar-refractivity contribution in [2.24, 2.45) is 40.3 Å². The number of fused-ring (bicyclic) bond motifs is 2. The van der Waals surface area contributed by atoms with E-state index >= 15 is 0 Å². The molecule has 54 heavy (non-hydrogen) atoms. The zero-order valence-electron chi connectivity index (χ0n) is 33.1. The maximum Gasteiger partial charge on any atom is 0.208 e. The van der Waals surface area contributed by atoms with Gasteiger partial charge >= 0.3 is 0 Å². The Balaban J connectivity index is 0.967. The molecule has 1 aromatic carbocycles. The van der Waals surface area contributed by atoms with Crippen molar-refractivity contribution in [3.05, 3.63) is 59.2 Å². The maximum absolute atomic E-state index is 11.2. The zero-order chi connectivity index (χ0) is 38.0. The second-order valence-electron chi connectivity index (χ2n) is 17.3. The molecule has 6 rings (SSSR count). The average Bonchev–Trinajstić information content (AvgIpc) is 3.90. The van der Waals surface area contributed by atoms with Crippen LogP contribution in [0.4, 0.5) is 0 Å². The highest BCUT2D eigenvalue weighted by Gasteiger charge is 2.49. The molecule has 9 atom stereocenters. The zero-order valence-corrected chi connectivity index (χ0v) is 33.1.